The van der Waals surface area contributed by atoms with Gasteiger partial charge in [0.15, 0.2) is 0 Å². The van der Waals surface area contributed by atoms with E-state index < -0.39 is 17.6 Å². The number of alkyl halides is 3. The van der Waals surface area contributed by atoms with Gasteiger partial charge in [0.05, 0.1) is 11.1 Å². The second-order valence-electron chi connectivity index (χ2n) is 4.07. The lowest BCUT2D eigenvalue weighted by Crippen LogP contribution is -2.36. The van der Waals surface area contributed by atoms with Gasteiger partial charge in [-0.25, -0.2) is 0 Å². The van der Waals surface area contributed by atoms with Gasteiger partial charge in [-0.1, -0.05) is 6.92 Å². The maximum atomic E-state index is 12.6. The third-order valence-corrected chi connectivity index (χ3v) is 3.28. The van der Waals surface area contributed by atoms with E-state index in [9.17, 15) is 18.0 Å². The number of halogens is 4. The van der Waals surface area contributed by atoms with Crippen LogP contribution >= 0.6 is 15.9 Å². The van der Waals surface area contributed by atoms with Crippen LogP contribution in [-0.2, 0) is 6.18 Å². The van der Waals surface area contributed by atoms with Gasteiger partial charge in [-0.05, 0) is 40.5 Å². The van der Waals surface area contributed by atoms with Crippen molar-refractivity contribution in [2.45, 2.75) is 25.6 Å². The molecular formula is C12H14BrF3N2O. The summed E-state index contributed by atoms with van der Waals surface area (Å²) in [5.74, 6) is -0.582. The van der Waals surface area contributed by atoms with E-state index in [1.54, 1.807) is 0 Å². The van der Waals surface area contributed by atoms with Crippen LogP contribution in [0.15, 0.2) is 22.7 Å². The first-order valence-electron chi connectivity index (χ1n) is 5.66. The van der Waals surface area contributed by atoms with E-state index in [2.05, 4.69) is 21.2 Å². The van der Waals surface area contributed by atoms with E-state index >= 15 is 0 Å². The molecule has 0 heterocycles. The van der Waals surface area contributed by atoms with Gasteiger partial charge in [0.1, 0.15) is 0 Å². The summed E-state index contributed by atoms with van der Waals surface area (Å²) >= 11 is 3.06. The number of nitrogens with two attached hydrogens (primary N) is 1. The molecule has 1 aromatic rings. The van der Waals surface area contributed by atoms with E-state index in [1.165, 1.54) is 6.07 Å². The monoisotopic (exact) mass is 338 g/mol. The van der Waals surface area contributed by atoms with Crippen LogP contribution < -0.4 is 11.1 Å². The van der Waals surface area contributed by atoms with Crippen molar-refractivity contribution in [2.75, 3.05) is 6.54 Å². The van der Waals surface area contributed by atoms with Crippen LogP contribution in [0.25, 0.3) is 0 Å². The summed E-state index contributed by atoms with van der Waals surface area (Å²) in [6.45, 7) is 2.08. The highest BCUT2D eigenvalue weighted by atomic mass is 79.9. The fourth-order valence-corrected chi connectivity index (χ4v) is 1.77. The molecule has 0 aromatic heterocycles. The molecule has 1 rings (SSSR count). The smallest absolute Gasteiger partial charge is 0.350 e. The van der Waals surface area contributed by atoms with Gasteiger partial charge in [0, 0.05) is 17.1 Å². The van der Waals surface area contributed by atoms with Crippen LogP contribution in [0.1, 0.15) is 29.3 Å². The van der Waals surface area contributed by atoms with Crippen molar-refractivity contribution in [3.63, 3.8) is 0 Å². The molecule has 3 N–H and O–H groups in total. The average Bonchev–Trinajstić information content (AvgIpc) is 2.34. The highest BCUT2D eigenvalue weighted by molar-refractivity contribution is 9.10. The predicted molar refractivity (Wildman–Crippen MR) is 69.7 cm³/mol. The van der Waals surface area contributed by atoms with Crippen molar-refractivity contribution < 1.29 is 18.0 Å². The van der Waals surface area contributed by atoms with Gasteiger partial charge in [0.25, 0.3) is 5.91 Å². The summed E-state index contributed by atoms with van der Waals surface area (Å²) in [6.07, 6.45) is -3.81. The van der Waals surface area contributed by atoms with Gasteiger partial charge in [-0.2, -0.15) is 13.2 Å². The van der Waals surface area contributed by atoms with Crippen molar-refractivity contribution in [3.05, 3.63) is 33.8 Å². The first-order valence-corrected chi connectivity index (χ1v) is 6.45. The van der Waals surface area contributed by atoms with E-state index in [0.29, 0.717) is 10.9 Å². The molecule has 0 aliphatic heterocycles. The molecule has 0 aliphatic rings. The summed E-state index contributed by atoms with van der Waals surface area (Å²) in [7, 11) is 0. The van der Waals surface area contributed by atoms with Crippen LogP contribution in [0, 0.1) is 0 Å². The zero-order valence-electron chi connectivity index (χ0n) is 10.2. The molecule has 7 heteroatoms. The Hall–Kier alpha value is -1.08. The molecule has 0 radical (unpaired) electrons. The molecule has 0 saturated carbocycles. The van der Waals surface area contributed by atoms with Crippen LogP contribution in [-0.4, -0.2) is 18.5 Å². The molecular weight excluding hydrogens is 325 g/mol. The minimum absolute atomic E-state index is 0.0573. The molecule has 0 bridgehead atoms. The molecule has 1 atom stereocenters. The van der Waals surface area contributed by atoms with E-state index in [-0.39, 0.29) is 18.2 Å². The molecule has 1 amide bonds. The summed E-state index contributed by atoms with van der Waals surface area (Å²) in [5, 5.41) is 2.51. The first-order chi connectivity index (χ1) is 8.75. The lowest BCUT2D eigenvalue weighted by Gasteiger charge is -2.13. The van der Waals surface area contributed by atoms with Gasteiger partial charge < -0.3 is 11.1 Å². The summed E-state index contributed by atoms with van der Waals surface area (Å²) in [6, 6.07) is 2.72. The number of benzene rings is 1. The largest absolute Gasteiger partial charge is 0.416 e. The van der Waals surface area contributed by atoms with Crippen molar-refractivity contribution in [2.24, 2.45) is 5.73 Å². The van der Waals surface area contributed by atoms with Crippen molar-refractivity contribution >= 4 is 21.8 Å². The van der Waals surface area contributed by atoms with Crippen LogP contribution in [0.3, 0.4) is 0 Å². The number of nitrogens with one attached hydrogen (secondary N) is 1. The summed E-state index contributed by atoms with van der Waals surface area (Å²) < 4.78 is 38.0. The molecule has 0 fully saturated rings. The first kappa shape index (κ1) is 16.0. The molecule has 0 spiro atoms. The van der Waals surface area contributed by atoms with E-state index in [1.807, 2.05) is 6.92 Å². The minimum atomic E-state index is -4.48. The van der Waals surface area contributed by atoms with E-state index in [4.69, 9.17) is 5.73 Å². The van der Waals surface area contributed by atoms with Crippen molar-refractivity contribution in [3.8, 4) is 0 Å². The Balaban J connectivity index is 2.90. The average molecular weight is 339 g/mol. The molecule has 0 aliphatic carbocycles. The zero-order valence-corrected chi connectivity index (χ0v) is 11.8. The number of carbonyl (C=O) groups is 1. The van der Waals surface area contributed by atoms with Crippen LogP contribution in [0.4, 0.5) is 13.2 Å². The normalized spacial score (nSPS) is 13.2. The molecule has 1 aromatic carbocycles. The van der Waals surface area contributed by atoms with Crippen LogP contribution in [0.5, 0.6) is 0 Å². The Labute approximate surface area is 117 Å². The number of rotatable bonds is 4. The Kier molecular flexibility index (Phi) is 5.37. The minimum Gasteiger partial charge on any atom is -0.350 e. The number of hydrogen-bond acceptors (Lipinski definition) is 2. The molecule has 19 heavy (non-hydrogen) atoms. The maximum absolute atomic E-state index is 12.6. The topological polar surface area (TPSA) is 55.1 Å². The van der Waals surface area contributed by atoms with Crippen molar-refractivity contribution in [1.82, 2.24) is 5.32 Å². The van der Waals surface area contributed by atoms with Crippen LogP contribution in [0.2, 0.25) is 0 Å². The Morgan fingerprint density at radius 2 is 2.11 bits per heavy atom. The fraction of sp³-hybridized carbons (Fsp3) is 0.417. The summed E-state index contributed by atoms with van der Waals surface area (Å²) in [5.41, 5.74) is 4.71. The Morgan fingerprint density at radius 3 is 2.63 bits per heavy atom. The summed E-state index contributed by atoms with van der Waals surface area (Å²) in [4.78, 5) is 11.8. The molecule has 106 valence electrons. The van der Waals surface area contributed by atoms with Gasteiger partial charge in [-0.3, -0.25) is 4.79 Å². The SMILES string of the molecule is CCC(N)CNC(=O)c1cc(C(F)(F)F)ccc1Br. The Morgan fingerprint density at radius 1 is 1.47 bits per heavy atom. The number of hydrogen-bond donors (Lipinski definition) is 2. The lowest BCUT2D eigenvalue weighted by molar-refractivity contribution is -0.137. The van der Waals surface area contributed by atoms with E-state index in [0.717, 1.165) is 12.1 Å². The fourth-order valence-electron chi connectivity index (χ4n) is 1.34. The second kappa shape index (κ2) is 6.38. The number of carbonyl (C=O) groups excluding carboxylic acids is 1. The maximum Gasteiger partial charge on any atom is 0.416 e. The zero-order chi connectivity index (χ0) is 14.6. The molecule has 1 unspecified atom stereocenters. The standard InChI is InChI=1S/C12H14BrF3N2O/c1-2-8(17)6-18-11(19)9-5-7(12(14,15)16)3-4-10(9)13/h3-5,8H,2,6,17H2,1H3,(H,18,19). The van der Waals surface area contributed by atoms with Gasteiger partial charge in [-0.15, -0.1) is 0 Å². The van der Waals surface area contributed by atoms with Gasteiger partial charge >= 0.3 is 6.18 Å². The third kappa shape index (κ3) is 4.50. The van der Waals surface area contributed by atoms with Crippen molar-refractivity contribution in [1.29, 1.82) is 0 Å². The predicted octanol–water partition coefficient (Wildman–Crippen LogP) is 2.94. The lowest BCUT2D eigenvalue weighted by atomic mass is 10.1. The third-order valence-electron chi connectivity index (χ3n) is 2.59. The number of amides is 1. The molecule has 0 saturated heterocycles. The van der Waals surface area contributed by atoms with Gasteiger partial charge in [0.2, 0.25) is 0 Å². The highest BCUT2D eigenvalue weighted by Crippen LogP contribution is 2.31. The Bertz CT molecular complexity index is 463. The highest BCUT2D eigenvalue weighted by Gasteiger charge is 2.31. The molecule has 3 nitrogen and oxygen atoms in total. The quantitative estimate of drug-likeness (QED) is 0.886. The second-order valence-corrected chi connectivity index (χ2v) is 4.93.